The third-order valence-electron chi connectivity index (χ3n) is 2.24. The molecule has 2 N–H and O–H groups in total. The number of rotatable bonds is 4. The predicted octanol–water partition coefficient (Wildman–Crippen LogP) is 2.19. The summed E-state index contributed by atoms with van der Waals surface area (Å²) in [5.41, 5.74) is 2.61. The van der Waals surface area contributed by atoms with Crippen molar-refractivity contribution >= 4 is 29.3 Å². The molecule has 8 nitrogen and oxygen atoms in total. The van der Waals surface area contributed by atoms with E-state index in [1.54, 1.807) is 6.07 Å². The van der Waals surface area contributed by atoms with Crippen LogP contribution >= 0.6 is 11.6 Å². The van der Waals surface area contributed by atoms with Gasteiger partial charge in [0.2, 0.25) is 0 Å². The number of halogens is 1. The monoisotopic (exact) mass is 293 g/mol. The quantitative estimate of drug-likeness (QED) is 0.507. The van der Waals surface area contributed by atoms with E-state index >= 15 is 0 Å². The lowest BCUT2D eigenvalue weighted by molar-refractivity contribution is -0.384. The second-order valence-corrected chi connectivity index (χ2v) is 4.00. The molecule has 102 valence electrons. The normalized spacial score (nSPS) is 10.7. The number of benzene rings is 1. The van der Waals surface area contributed by atoms with E-state index in [1.807, 2.05) is 0 Å². The molecule has 2 aromatic rings. The van der Waals surface area contributed by atoms with Crippen LogP contribution in [-0.4, -0.2) is 26.4 Å². The molecule has 0 bridgehead atoms. The Morgan fingerprint density at radius 2 is 2.15 bits per heavy atom. The van der Waals surface area contributed by atoms with Crippen LogP contribution < -0.4 is 5.43 Å². The van der Waals surface area contributed by atoms with E-state index in [9.17, 15) is 15.2 Å². The third kappa shape index (κ3) is 3.39. The van der Waals surface area contributed by atoms with E-state index < -0.39 is 4.92 Å². The number of phenols is 1. The van der Waals surface area contributed by atoms with E-state index in [0.717, 1.165) is 0 Å². The standard InChI is InChI=1S/C11H8ClN5O3/c12-10-3-4-11(16-14-10)15-13-6-7-5-8(17(19)20)1-2-9(7)18/h1-6,18H,(H,15,16)/b13-6+. The number of aromatic hydroxyl groups is 1. The summed E-state index contributed by atoms with van der Waals surface area (Å²) >= 11 is 5.57. The van der Waals surface area contributed by atoms with Crippen LogP contribution in [0, 0.1) is 10.1 Å². The first-order chi connectivity index (χ1) is 9.56. The molecular formula is C11H8ClN5O3. The number of nitrogens with zero attached hydrogens (tertiary/aromatic N) is 4. The minimum absolute atomic E-state index is 0.122. The van der Waals surface area contributed by atoms with Crippen molar-refractivity contribution in [1.29, 1.82) is 0 Å². The first kappa shape index (κ1) is 13.7. The molecule has 1 aromatic heterocycles. The van der Waals surface area contributed by atoms with Crippen LogP contribution in [0.15, 0.2) is 35.4 Å². The topological polar surface area (TPSA) is 114 Å². The van der Waals surface area contributed by atoms with Crippen LogP contribution in [0.4, 0.5) is 11.5 Å². The summed E-state index contributed by atoms with van der Waals surface area (Å²) in [6.07, 6.45) is 1.23. The average molecular weight is 294 g/mol. The lowest BCUT2D eigenvalue weighted by Gasteiger charge is -2.00. The Morgan fingerprint density at radius 1 is 1.35 bits per heavy atom. The molecule has 1 aromatic carbocycles. The number of hydrogen-bond acceptors (Lipinski definition) is 7. The molecule has 1 heterocycles. The molecule has 0 saturated heterocycles. The summed E-state index contributed by atoms with van der Waals surface area (Å²) in [5, 5.41) is 31.5. The van der Waals surface area contributed by atoms with Crippen LogP contribution in [-0.2, 0) is 0 Å². The van der Waals surface area contributed by atoms with Crippen molar-refractivity contribution in [2.45, 2.75) is 0 Å². The second kappa shape index (κ2) is 5.93. The summed E-state index contributed by atoms with van der Waals surface area (Å²) in [6, 6.07) is 6.71. The molecule has 0 fully saturated rings. The maximum atomic E-state index is 10.6. The number of hydrazone groups is 1. The number of non-ortho nitro benzene ring substituents is 1. The molecule has 0 aliphatic carbocycles. The van der Waals surface area contributed by atoms with Gasteiger partial charge in [-0.3, -0.25) is 15.5 Å². The van der Waals surface area contributed by atoms with Gasteiger partial charge in [-0.25, -0.2) is 0 Å². The van der Waals surface area contributed by atoms with Crippen LogP contribution in [0.2, 0.25) is 5.15 Å². The molecule has 9 heteroatoms. The van der Waals surface area contributed by atoms with Gasteiger partial charge in [0.05, 0.1) is 11.1 Å². The highest BCUT2D eigenvalue weighted by atomic mass is 35.5. The fourth-order valence-electron chi connectivity index (χ4n) is 1.30. The Labute approximate surface area is 117 Å². The Kier molecular flexibility index (Phi) is 4.06. The van der Waals surface area contributed by atoms with E-state index in [2.05, 4.69) is 20.7 Å². The Hall–Kier alpha value is -2.74. The smallest absolute Gasteiger partial charge is 0.270 e. The predicted molar refractivity (Wildman–Crippen MR) is 73.0 cm³/mol. The maximum Gasteiger partial charge on any atom is 0.270 e. The Morgan fingerprint density at radius 3 is 2.80 bits per heavy atom. The molecule has 0 radical (unpaired) electrons. The van der Waals surface area contributed by atoms with Crippen molar-refractivity contribution in [3.05, 3.63) is 51.2 Å². The highest BCUT2D eigenvalue weighted by Gasteiger charge is 2.08. The summed E-state index contributed by atoms with van der Waals surface area (Å²) in [4.78, 5) is 10.1. The van der Waals surface area contributed by atoms with Gasteiger partial charge in [-0.2, -0.15) is 5.10 Å². The number of anilines is 1. The van der Waals surface area contributed by atoms with Crippen molar-refractivity contribution < 1.29 is 10.0 Å². The molecule has 0 aliphatic rings. The summed E-state index contributed by atoms with van der Waals surface area (Å²) in [7, 11) is 0. The first-order valence-electron chi connectivity index (χ1n) is 5.32. The molecule has 0 spiro atoms. The number of phenolic OH excluding ortho intramolecular Hbond substituents is 1. The highest BCUT2D eigenvalue weighted by molar-refractivity contribution is 6.29. The Bertz CT molecular complexity index is 660. The third-order valence-corrected chi connectivity index (χ3v) is 2.44. The number of nitro benzene ring substituents is 1. The number of nitro groups is 1. The molecule has 0 unspecified atom stereocenters. The average Bonchev–Trinajstić information content (AvgIpc) is 2.43. The van der Waals surface area contributed by atoms with E-state index in [4.69, 9.17) is 11.6 Å². The van der Waals surface area contributed by atoms with Gasteiger partial charge in [-0.05, 0) is 18.2 Å². The zero-order chi connectivity index (χ0) is 14.5. The van der Waals surface area contributed by atoms with Crippen LogP contribution in [0.1, 0.15) is 5.56 Å². The van der Waals surface area contributed by atoms with E-state index in [0.29, 0.717) is 5.82 Å². The number of aromatic nitrogens is 2. The molecule has 0 saturated carbocycles. The maximum absolute atomic E-state index is 10.6. The van der Waals surface area contributed by atoms with Crippen molar-refractivity contribution in [1.82, 2.24) is 10.2 Å². The summed E-state index contributed by atoms with van der Waals surface area (Å²) in [5.74, 6) is 0.221. The second-order valence-electron chi connectivity index (χ2n) is 3.61. The zero-order valence-electron chi connectivity index (χ0n) is 9.89. The lowest BCUT2D eigenvalue weighted by Crippen LogP contribution is -1.96. The fourth-order valence-corrected chi connectivity index (χ4v) is 1.40. The minimum Gasteiger partial charge on any atom is -0.507 e. The van der Waals surface area contributed by atoms with Crippen molar-refractivity contribution in [3.8, 4) is 5.75 Å². The van der Waals surface area contributed by atoms with Gasteiger partial charge >= 0.3 is 0 Å². The number of hydrogen-bond donors (Lipinski definition) is 2. The van der Waals surface area contributed by atoms with Crippen molar-refractivity contribution in [3.63, 3.8) is 0 Å². The fraction of sp³-hybridized carbons (Fsp3) is 0. The minimum atomic E-state index is -0.561. The van der Waals surface area contributed by atoms with Crippen LogP contribution in [0.3, 0.4) is 0 Å². The molecule has 0 aliphatic heterocycles. The van der Waals surface area contributed by atoms with Gasteiger partial charge in [0.15, 0.2) is 11.0 Å². The molecular weight excluding hydrogens is 286 g/mol. The summed E-state index contributed by atoms with van der Waals surface area (Å²) < 4.78 is 0. The SMILES string of the molecule is O=[N+]([O-])c1ccc(O)c(/C=N/Nc2ccc(Cl)nn2)c1. The molecule has 0 amide bonds. The molecule has 0 atom stereocenters. The van der Waals surface area contributed by atoms with Gasteiger partial charge in [0.25, 0.3) is 5.69 Å². The van der Waals surface area contributed by atoms with E-state index in [-0.39, 0.29) is 22.2 Å². The number of nitrogens with one attached hydrogen (secondary N) is 1. The lowest BCUT2D eigenvalue weighted by atomic mass is 10.2. The Balaban J connectivity index is 2.12. The van der Waals surface area contributed by atoms with Gasteiger partial charge in [0, 0.05) is 17.7 Å². The van der Waals surface area contributed by atoms with E-state index in [1.165, 1.54) is 30.5 Å². The van der Waals surface area contributed by atoms with Crippen LogP contribution in [0.5, 0.6) is 5.75 Å². The van der Waals surface area contributed by atoms with Crippen molar-refractivity contribution in [2.75, 3.05) is 5.43 Å². The van der Waals surface area contributed by atoms with Gasteiger partial charge < -0.3 is 5.11 Å². The van der Waals surface area contributed by atoms with Crippen molar-refractivity contribution in [2.24, 2.45) is 5.10 Å². The zero-order valence-corrected chi connectivity index (χ0v) is 10.7. The molecule has 20 heavy (non-hydrogen) atoms. The largest absolute Gasteiger partial charge is 0.507 e. The highest BCUT2D eigenvalue weighted by Crippen LogP contribution is 2.21. The van der Waals surface area contributed by atoms with Gasteiger partial charge in [-0.1, -0.05) is 11.6 Å². The first-order valence-corrected chi connectivity index (χ1v) is 5.70. The molecule has 2 rings (SSSR count). The van der Waals surface area contributed by atoms with Crippen LogP contribution in [0.25, 0.3) is 0 Å². The van der Waals surface area contributed by atoms with Gasteiger partial charge in [0.1, 0.15) is 5.75 Å². The summed E-state index contributed by atoms with van der Waals surface area (Å²) in [6.45, 7) is 0. The van der Waals surface area contributed by atoms with Gasteiger partial charge in [-0.15, -0.1) is 10.2 Å².